The molecule has 0 bridgehead atoms. The summed E-state index contributed by atoms with van der Waals surface area (Å²) in [7, 11) is 0. The molecule has 3 aromatic carbocycles. The van der Waals surface area contributed by atoms with Gasteiger partial charge in [-0.1, -0.05) is 78.3 Å². The summed E-state index contributed by atoms with van der Waals surface area (Å²) in [6.07, 6.45) is 0.758. The summed E-state index contributed by atoms with van der Waals surface area (Å²) >= 11 is 7.59. The largest absolute Gasteiger partial charge is 0.301 e. The first-order valence-corrected chi connectivity index (χ1v) is 11.8. The van der Waals surface area contributed by atoms with Crippen LogP contribution in [0, 0.1) is 12.3 Å². The fourth-order valence-corrected chi connectivity index (χ4v) is 5.55. The average Bonchev–Trinajstić information content (AvgIpc) is 3.22. The number of carbonyl (C=O) groups excluding carboxylic acids is 1. The number of benzene rings is 3. The number of nitrogens with one attached hydrogen (secondary N) is 1. The summed E-state index contributed by atoms with van der Waals surface area (Å²) in [5.41, 5.74) is 4.27. The first-order valence-electron chi connectivity index (χ1n) is 10.6. The highest BCUT2D eigenvalue weighted by Gasteiger charge is 2.70. The molecule has 0 aliphatic heterocycles. The van der Waals surface area contributed by atoms with E-state index >= 15 is 0 Å². The van der Waals surface area contributed by atoms with E-state index in [9.17, 15) is 4.79 Å². The Morgan fingerprint density at radius 3 is 2.22 bits per heavy atom. The van der Waals surface area contributed by atoms with Crippen LogP contribution in [0.3, 0.4) is 0 Å². The Balaban J connectivity index is 1.43. The zero-order valence-corrected chi connectivity index (χ0v) is 19.5. The molecule has 1 aliphatic rings. The van der Waals surface area contributed by atoms with E-state index in [0.717, 1.165) is 28.3 Å². The number of anilines is 1. The highest BCUT2D eigenvalue weighted by atomic mass is 35.5. The fraction of sp³-hybridized carbons (Fsp3) is 0.185. The minimum atomic E-state index is -0.557. The lowest BCUT2D eigenvalue weighted by atomic mass is 9.80. The molecule has 1 heterocycles. The van der Waals surface area contributed by atoms with Crippen molar-refractivity contribution in [1.29, 1.82) is 0 Å². The summed E-state index contributed by atoms with van der Waals surface area (Å²) in [5.74, 6) is -0.00149. The van der Waals surface area contributed by atoms with Gasteiger partial charge in [0.1, 0.15) is 0 Å². The van der Waals surface area contributed by atoms with Crippen LogP contribution in [0.15, 0.2) is 84.2 Å². The van der Waals surface area contributed by atoms with E-state index in [2.05, 4.69) is 41.5 Å². The van der Waals surface area contributed by atoms with Crippen molar-refractivity contribution in [3.8, 4) is 11.3 Å². The highest BCUT2D eigenvalue weighted by Crippen LogP contribution is 2.68. The van der Waals surface area contributed by atoms with Crippen LogP contribution in [0.1, 0.15) is 30.0 Å². The van der Waals surface area contributed by atoms with E-state index in [1.807, 2.05) is 66.9 Å². The third-order valence-electron chi connectivity index (χ3n) is 6.65. The molecule has 0 radical (unpaired) electrons. The lowest BCUT2D eigenvalue weighted by Crippen LogP contribution is -2.30. The summed E-state index contributed by atoms with van der Waals surface area (Å²) in [5, 5.41) is 6.41. The minimum Gasteiger partial charge on any atom is -0.301 e. The van der Waals surface area contributed by atoms with Crippen LogP contribution in [-0.2, 0) is 10.2 Å². The summed E-state index contributed by atoms with van der Waals surface area (Å²) in [6.45, 7) is 4.03. The van der Waals surface area contributed by atoms with Crippen molar-refractivity contribution in [3.63, 3.8) is 0 Å². The van der Waals surface area contributed by atoms with Gasteiger partial charge in [0.05, 0.1) is 11.1 Å². The standard InChI is InChI=1S/C27H23ClN2OS/c1-18-15-19(13-14-22(18)28)23-16-32-25(29-23)30-24(31)26(2)17-27(26,20-9-5-3-6-10-20)21-11-7-4-8-12-21/h3-16H,17H2,1-2H3,(H,29,30,31). The minimum absolute atomic E-state index is 0.00149. The zero-order valence-electron chi connectivity index (χ0n) is 17.9. The molecule has 0 spiro atoms. The van der Waals surface area contributed by atoms with Gasteiger partial charge < -0.3 is 5.32 Å². The topological polar surface area (TPSA) is 42.0 Å². The number of nitrogens with zero attached hydrogens (tertiary/aromatic N) is 1. The van der Waals surface area contributed by atoms with Crippen molar-refractivity contribution in [2.24, 2.45) is 5.41 Å². The number of rotatable bonds is 5. The first kappa shape index (κ1) is 20.9. The highest BCUT2D eigenvalue weighted by molar-refractivity contribution is 7.14. The fourth-order valence-electron chi connectivity index (χ4n) is 4.72. The van der Waals surface area contributed by atoms with Gasteiger partial charge in [0.2, 0.25) is 5.91 Å². The molecule has 1 atom stereocenters. The van der Waals surface area contributed by atoms with Crippen LogP contribution in [0.4, 0.5) is 5.13 Å². The molecule has 1 unspecified atom stereocenters. The van der Waals surface area contributed by atoms with Gasteiger partial charge in [-0.25, -0.2) is 4.98 Å². The van der Waals surface area contributed by atoms with E-state index in [1.165, 1.54) is 22.5 Å². The number of hydrogen-bond donors (Lipinski definition) is 1. The van der Waals surface area contributed by atoms with Gasteiger partial charge in [-0.15, -0.1) is 11.3 Å². The molecule has 4 aromatic rings. The lowest BCUT2D eigenvalue weighted by molar-refractivity contribution is -0.121. The Bertz CT molecular complexity index is 1250. The van der Waals surface area contributed by atoms with Gasteiger partial charge >= 0.3 is 0 Å². The molecular weight excluding hydrogens is 436 g/mol. The van der Waals surface area contributed by atoms with Crippen LogP contribution in [0.2, 0.25) is 5.02 Å². The average molecular weight is 459 g/mol. The van der Waals surface area contributed by atoms with Crippen molar-refractivity contribution >= 4 is 34.0 Å². The predicted molar refractivity (Wildman–Crippen MR) is 132 cm³/mol. The Morgan fingerprint density at radius 1 is 1.00 bits per heavy atom. The number of halogens is 1. The molecule has 1 aliphatic carbocycles. The van der Waals surface area contributed by atoms with Gasteiger partial charge in [0.15, 0.2) is 5.13 Å². The van der Waals surface area contributed by atoms with Crippen molar-refractivity contribution in [2.75, 3.05) is 5.32 Å². The number of aromatic nitrogens is 1. The first-order chi connectivity index (χ1) is 15.4. The van der Waals surface area contributed by atoms with E-state index < -0.39 is 5.41 Å². The van der Waals surface area contributed by atoms with Gasteiger partial charge in [0, 0.05) is 21.4 Å². The molecule has 0 saturated heterocycles. The molecule has 1 saturated carbocycles. The SMILES string of the molecule is Cc1cc(-c2csc(NC(=O)C3(C)CC3(c3ccccc3)c3ccccc3)n2)ccc1Cl. The van der Waals surface area contributed by atoms with Crippen LogP contribution in [0.25, 0.3) is 11.3 Å². The Morgan fingerprint density at radius 2 is 1.62 bits per heavy atom. The van der Waals surface area contributed by atoms with E-state index in [4.69, 9.17) is 11.6 Å². The van der Waals surface area contributed by atoms with Gasteiger partial charge in [0.25, 0.3) is 0 Å². The molecule has 1 amide bonds. The van der Waals surface area contributed by atoms with Crippen LogP contribution in [-0.4, -0.2) is 10.9 Å². The molecule has 1 fully saturated rings. The second-order valence-electron chi connectivity index (χ2n) is 8.60. The summed E-state index contributed by atoms with van der Waals surface area (Å²) < 4.78 is 0. The number of thiazole rings is 1. The molecule has 5 heteroatoms. The van der Waals surface area contributed by atoms with Gasteiger partial charge in [-0.2, -0.15) is 0 Å². The Hall–Kier alpha value is -2.95. The molecular formula is C27H23ClN2OS. The maximum Gasteiger partial charge on any atom is 0.233 e. The quantitative estimate of drug-likeness (QED) is 0.346. The smallest absolute Gasteiger partial charge is 0.233 e. The molecule has 3 nitrogen and oxygen atoms in total. The normalized spacial score (nSPS) is 18.8. The maximum atomic E-state index is 13.5. The van der Waals surface area contributed by atoms with E-state index in [1.54, 1.807) is 0 Å². The van der Waals surface area contributed by atoms with Crippen LogP contribution in [0.5, 0.6) is 0 Å². The Kier molecular flexibility index (Phi) is 5.15. The second kappa shape index (κ2) is 7.88. The molecule has 1 N–H and O–H groups in total. The van der Waals surface area contributed by atoms with E-state index in [0.29, 0.717) is 5.13 Å². The number of hydrogen-bond acceptors (Lipinski definition) is 3. The molecule has 1 aromatic heterocycles. The number of amides is 1. The summed E-state index contributed by atoms with van der Waals surface area (Å²) in [6, 6.07) is 26.5. The summed E-state index contributed by atoms with van der Waals surface area (Å²) in [4.78, 5) is 18.2. The predicted octanol–water partition coefficient (Wildman–Crippen LogP) is 7.11. The maximum absolute atomic E-state index is 13.5. The van der Waals surface area contributed by atoms with Crippen molar-refractivity contribution in [1.82, 2.24) is 4.98 Å². The monoisotopic (exact) mass is 458 g/mol. The molecule has 32 heavy (non-hydrogen) atoms. The zero-order chi connectivity index (χ0) is 22.3. The van der Waals surface area contributed by atoms with Gasteiger partial charge in [-0.05, 0) is 49.1 Å². The van der Waals surface area contributed by atoms with Gasteiger partial charge in [-0.3, -0.25) is 4.79 Å². The van der Waals surface area contributed by atoms with Crippen LogP contribution >= 0.6 is 22.9 Å². The van der Waals surface area contributed by atoms with E-state index in [-0.39, 0.29) is 11.3 Å². The Labute approximate surface area is 197 Å². The number of aryl methyl sites for hydroxylation is 1. The van der Waals surface area contributed by atoms with Crippen molar-refractivity contribution in [3.05, 3.63) is 106 Å². The lowest BCUT2D eigenvalue weighted by Gasteiger charge is -2.23. The third-order valence-corrected chi connectivity index (χ3v) is 7.83. The molecule has 5 rings (SSSR count). The van der Waals surface area contributed by atoms with Crippen LogP contribution < -0.4 is 5.32 Å². The second-order valence-corrected chi connectivity index (χ2v) is 9.87. The molecule has 160 valence electrons. The number of carbonyl (C=O) groups is 1. The third kappa shape index (κ3) is 3.35. The van der Waals surface area contributed by atoms with Crippen molar-refractivity contribution in [2.45, 2.75) is 25.7 Å². The van der Waals surface area contributed by atoms with Crippen molar-refractivity contribution < 1.29 is 4.79 Å².